The molecule has 0 unspecified atom stereocenters. The van der Waals surface area contributed by atoms with Gasteiger partial charge in [-0.3, -0.25) is 14.3 Å². The molecule has 0 bridgehead atoms. The third kappa shape index (κ3) is 2.34. The number of hydrogen-bond donors (Lipinski definition) is 0. The molecule has 24 heavy (non-hydrogen) atoms. The van der Waals surface area contributed by atoms with Crippen LogP contribution in [0.3, 0.4) is 0 Å². The number of rotatable bonds is 4. The molecule has 1 amide bonds. The van der Waals surface area contributed by atoms with Gasteiger partial charge in [-0.1, -0.05) is 27.2 Å². The van der Waals surface area contributed by atoms with E-state index >= 15 is 0 Å². The summed E-state index contributed by atoms with van der Waals surface area (Å²) >= 11 is 0. The minimum absolute atomic E-state index is 0.0409. The van der Waals surface area contributed by atoms with E-state index in [4.69, 9.17) is 4.74 Å². The summed E-state index contributed by atoms with van der Waals surface area (Å²) in [4.78, 5) is 27.2. The van der Waals surface area contributed by atoms with Gasteiger partial charge in [0.1, 0.15) is 5.69 Å². The number of hydrogen-bond acceptors (Lipinski definition) is 4. The van der Waals surface area contributed by atoms with Crippen LogP contribution in [-0.2, 0) is 23.0 Å². The van der Waals surface area contributed by atoms with Crippen LogP contribution in [-0.4, -0.2) is 46.8 Å². The standard InChI is InChI=1S/C18H27N3O3/c1-6-7-12-8-13(20(4)19-12)15(22)21-9-14-17(2,3)10-18(14,11-21)16(23)24-5/h8,14H,6-7,9-11H2,1-5H3/t14-,18+/m1/s1. The topological polar surface area (TPSA) is 64.4 Å². The number of fused-ring (bicyclic) bond motifs is 1. The van der Waals surface area contributed by atoms with Crippen molar-refractivity contribution in [2.24, 2.45) is 23.8 Å². The average molecular weight is 333 g/mol. The number of ether oxygens (including phenoxy) is 1. The van der Waals surface area contributed by atoms with Crippen molar-refractivity contribution in [3.8, 4) is 0 Å². The fraction of sp³-hybridized carbons (Fsp3) is 0.722. The number of likely N-dealkylation sites (tertiary alicyclic amines) is 1. The van der Waals surface area contributed by atoms with E-state index < -0.39 is 5.41 Å². The van der Waals surface area contributed by atoms with Crippen molar-refractivity contribution in [3.05, 3.63) is 17.5 Å². The van der Waals surface area contributed by atoms with E-state index in [0.717, 1.165) is 25.0 Å². The van der Waals surface area contributed by atoms with Crippen LogP contribution in [0.25, 0.3) is 0 Å². The first-order valence-electron chi connectivity index (χ1n) is 8.66. The van der Waals surface area contributed by atoms with Gasteiger partial charge in [-0.2, -0.15) is 5.10 Å². The number of carbonyl (C=O) groups is 2. The number of esters is 1. The van der Waals surface area contributed by atoms with Crippen LogP contribution >= 0.6 is 0 Å². The summed E-state index contributed by atoms with van der Waals surface area (Å²) in [7, 11) is 3.24. The van der Waals surface area contributed by atoms with Crippen molar-refractivity contribution in [1.82, 2.24) is 14.7 Å². The lowest BCUT2D eigenvalue weighted by Crippen LogP contribution is -2.57. The maximum atomic E-state index is 13.0. The molecule has 0 radical (unpaired) electrons. The SMILES string of the molecule is CCCc1cc(C(=O)N2C[C@@H]3C(C)(C)C[C@]3(C(=O)OC)C2)n(C)n1. The van der Waals surface area contributed by atoms with Crippen LogP contribution in [0.15, 0.2) is 6.07 Å². The molecule has 0 aromatic carbocycles. The van der Waals surface area contributed by atoms with Gasteiger partial charge in [-0.15, -0.1) is 0 Å². The van der Waals surface area contributed by atoms with Crippen LogP contribution in [0.2, 0.25) is 0 Å². The Kier molecular flexibility index (Phi) is 3.97. The molecular formula is C18H27N3O3. The van der Waals surface area contributed by atoms with Crippen LogP contribution in [0.5, 0.6) is 0 Å². The van der Waals surface area contributed by atoms with E-state index in [1.807, 2.05) is 11.0 Å². The van der Waals surface area contributed by atoms with Gasteiger partial charge in [0.2, 0.25) is 0 Å². The molecule has 1 saturated carbocycles. The highest BCUT2D eigenvalue weighted by Crippen LogP contribution is 2.63. The summed E-state index contributed by atoms with van der Waals surface area (Å²) < 4.78 is 6.71. The van der Waals surface area contributed by atoms with Gasteiger partial charge in [-0.25, -0.2) is 0 Å². The monoisotopic (exact) mass is 333 g/mol. The third-order valence-corrected chi connectivity index (χ3v) is 5.79. The molecule has 0 spiro atoms. The first kappa shape index (κ1) is 17.0. The van der Waals surface area contributed by atoms with Gasteiger partial charge < -0.3 is 9.64 Å². The fourth-order valence-electron chi connectivity index (χ4n) is 4.79. The summed E-state index contributed by atoms with van der Waals surface area (Å²) in [5.74, 6) is -0.0654. The lowest BCUT2D eigenvalue weighted by molar-refractivity contribution is -0.174. The zero-order chi connectivity index (χ0) is 17.7. The summed E-state index contributed by atoms with van der Waals surface area (Å²) in [6.07, 6.45) is 2.63. The maximum absolute atomic E-state index is 13.0. The summed E-state index contributed by atoms with van der Waals surface area (Å²) in [6, 6.07) is 1.88. The highest BCUT2D eigenvalue weighted by Gasteiger charge is 2.68. The molecule has 1 saturated heterocycles. The Morgan fingerprint density at radius 3 is 2.71 bits per heavy atom. The van der Waals surface area contributed by atoms with Crippen LogP contribution < -0.4 is 0 Å². The summed E-state index contributed by atoms with van der Waals surface area (Å²) in [6.45, 7) is 7.47. The minimum atomic E-state index is -0.529. The van der Waals surface area contributed by atoms with Crippen molar-refractivity contribution in [2.45, 2.75) is 40.0 Å². The smallest absolute Gasteiger partial charge is 0.314 e. The van der Waals surface area contributed by atoms with E-state index in [9.17, 15) is 9.59 Å². The Bertz CT molecular complexity index is 679. The highest BCUT2D eigenvalue weighted by atomic mass is 16.5. The average Bonchev–Trinajstić information content (AvgIpc) is 3.05. The van der Waals surface area contributed by atoms with Gasteiger partial charge in [0.25, 0.3) is 5.91 Å². The van der Waals surface area contributed by atoms with Crippen LogP contribution in [0.4, 0.5) is 0 Å². The molecular weight excluding hydrogens is 306 g/mol. The Hall–Kier alpha value is -1.85. The van der Waals surface area contributed by atoms with Crippen LogP contribution in [0.1, 0.15) is 49.8 Å². The molecule has 2 fully saturated rings. The fourth-order valence-corrected chi connectivity index (χ4v) is 4.79. The van der Waals surface area contributed by atoms with Gasteiger partial charge in [0, 0.05) is 20.1 Å². The van der Waals surface area contributed by atoms with Crippen LogP contribution in [0, 0.1) is 16.7 Å². The number of nitrogens with zero attached hydrogens (tertiary/aromatic N) is 3. The van der Waals surface area contributed by atoms with Gasteiger partial charge in [0.05, 0.1) is 18.2 Å². The predicted molar refractivity (Wildman–Crippen MR) is 89.4 cm³/mol. The zero-order valence-corrected chi connectivity index (χ0v) is 15.3. The summed E-state index contributed by atoms with van der Waals surface area (Å²) in [5.41, 5.74) is 1.06. The van der Waals surface area contributed by atoms with E-state index in [-0.39, 0.29) is 23.2 Å². The lowest BCUT2D eigenvalue weighted by atomic mass is 9.48. The maximum Gasteiger partial charge on any atom is 0.314 e. The molecule has 2 heterocycles. The van der Waals surface area contributed by atoms with Crippen molar-refractivity contribution in [3.63, 3.8) is 0 Å². The molecule has 1 aliphatic heterocycles. The number of amides is 1. The second kappa shape index (κ2) is 5.60. The number of methoxy groups -OCH3 is 1. The molecule has 2 atom stereocenters. The Balaban J connectivity index is 1.84. The molecule has 1 aromatic rings. The number of aromatic nitrogens is 2. The number of aryl methyl sites for hydroxylation is 2. The lowest BCUT2D eigenvalue weighted by Gasteiger charge is -2.54. The van der Waals surface area contributed by atoms with Crippen molar-refractivity contribution >= 4 is 11.9 Å². The van der Waals surface area contributed by atoms with E-state index in [2.05, 4.69) is 25.9 Å². The van der Waals surface area contributed by atoms with E-state index in [1.54, 1.807) is 11.7 Å². The molecule has 132 valence electrons. The van der Waals surface area contributed by atoms with Crippen molar-refractivity contribution < 1.29 is 14.3 Å². The predicted octanol–water partition coefficient (Wildman–Crippen LogP) is 2.03. The summed E-state index contributed by atoms with van der Waals surface area (Å²) in [5, 5.41) is 4.42. The first-order chi connectivity index (χ1) is 11.2. The molecule has 0 N–H and O–H groups in total. The molecule has 2 aliphatic rings. The third-order valence-electron chi connectivity index (χ3n) is 5.79. The molecule has 6 heteroatoms. The van der Waals surface area contributed by atoms with Gasteiger partial charge >= 0.3 is 5.97 Å². The molecule has 1 aromatic heterocycles. The Morgan fingerprint density at radius 1 is 1.42 bits per heavy atom. The molecule has 6 nitrogen and oxygen atoms in total. The molecule has 1 aliphatic carbocycles. The molecule has 3 rings (SSSR count). The van der Waals surface area contributed by atoms with Crippen molar-refractivity contribution in [2.75, 3.05) is 20.2 Å². The highest BCUT2D eigenvalue weighted by molar-refractivity contribution is 5.94. The van der Waals surface area contributed by atoms with E-state index in [0.29, 0.717) is 18.8 Å². The van der Waals surface area contributed by atoms with E-state index in [1.165, 1.54) is 7.11 Å². The second-order valence-corrected chi connectivity index (χ2v) is 7.95. The van der Waals surface area contributed by atoms with Crippen molar-refractivity contribution in [1.29, 1.82) is 0 Å². The van der Waals surface area contributed by atoms with Gasteiger partial charge in [-0.05, 0) is 30.2 Å². The zero-order valence-electron chi connectivity index (χ0n) is 15.3. The normalized spacial score (nSPS) is 27.5. The largest absolute Gasteiger partial charge is 0.469 e. The number of carbonyl (C=O) groups excluding carboxylic acids is 2. The quantitative estimate of drug-likeness (QED) is 0.791. The first-order valence-corrected chi connectivity index (χ1v) is 8.66. The Morgan fingerprint density at radius 2 is 2.12 bits per heavy atom. The van der Waals surface area contributed by atoms with Gasteiger partial charge in [0.15, 0.2) is 0 Å². The Labute approximate surface area is 143 Å². The minimum Gasteiger partial charge on any atom is -0.469 e. The second-order valence-electron chi connectivity index (χ2n) is 7.95.